The fourth-order valence-corrected chi connectivity index (χ4v) is 4.59. The van der Waals surface area contributed by atoms with E-state index < -0.39 is 12.6 Å². The Labute approximate surface area is 237 Å². The van der Waals surface area contributed by atoms with Crippen LogP contribution < -0.4 is 33.2 Å². The third-order valence-electron chi connectivity index (χ3n) is 6.37. The second kappa shape index (κ2) is 12.9. The van der Waals surface area contributed by atoms with Gasteiger partial charge in [0.1, 0.15) is 17.2 Å². The number of ether oxygens (including phenoxy) is 7. The van der Waals surface area contributed by atoms with Crippen molar-refractivity contribution in [1.29, 1.82) is 0 Å². The van der Waals surface area contributed by atoms with Crippen LogP contribution in [0.15, 0.2) is 54.6 Å². The molecule has 0 aliphatic heterocycles. The van der Waals surface area contributed by atoms with Crippen molar-refractivity contribution >= 4 is 5.97 Å². The molecule has 1 heterocycles. The van der Waals surface area contributed by atoms with Crippen molar-refractivity contribution in [1.82, 2.24) is 9.78 Å². The zero-order valence-corrected chi connectivity index (χ0v) is 23.7. The molecule has 0 amide bonds. The second-order valence-corrected chi connectivity index (χ2v) is 8.63. The quantitative estimate of drug-likeness (QED) is 0.243. The van der Waals surface area contributed by atoms with Crippen LogP contribution in [0, 0.1) is 0 Å². The number of hydrogen-bond donors (Lipinski definition) is 1. The molecule has 0 spiro atoms. The van der Waals surface area contributed by atoms with Gasteiger partial charge in [-0.1, -0.05) is 24.3 Å². The fourth-order valence-electron chi connectivity index (χ4n) is 4.59. The van der Waals surface area contributed by atoms with E-state index in [0.717, 1.165) is 5.56 Å². The van der Waals surface area contributed by atoms with E-state index in [1.165, 1.54) is 21.3 Å². The maximum Gasteiger partial charge on any atom is 0.341 e. The van der Waals surface area contributed by atoms with Gasteiger partial charge in [-0.05, 0) is 24.3 Å². The van der Waals surface area contributed by atoms with E-state index in [4.69, 9.17) is 38.3 Å². The number of carboxylic acid groups (broad SMARTS) is 1. The summed E-state index contributed by atoms with van der Waals surface area (Å²) in [4.78, 5) is 11.4. The Morgan fingerprint density at radius 3 is 2.02 bits per heavy atom. The maximum absolute atomic E-state index is 11.4. The number of carbonyl (C=O) groups is 1. The minimum atomic E-state index is -1.15. The summed E-state index contributed by atoms with van der Waals surface area (Å²) in [5, 5.41) is 14.3. The Balaban J connectivity index is 2.02. The number of methoxy groups -OCH3 is 6. The van der Waals surface area contributed by atoms with Gasteiger partial charge in [0.2, 0.25) is 5.75 Å². The molecule has 3 aromatic carbocycles. The van der Waals surface area contributed by atoms with Gasteiger partial charge < -0.3 is 38.3 Å². The Hall–Kier alpha value is -5.06. The van der Waals surface area contributed by atoms with Gasteiger partial charge >= 0.3 is 5.97 Å². The van der Waals surface area contributed by atoms with Crippen molar-refractivity contribution in [2.45, 2.75) is 6.54 Å². The van der Waals surface area contributed by atoms with Gasteiger partial charge in [-0.25, -0.2) is 4.79 Å². The molecule has 41 heavy (non-hydrogen) atoms. The van der Waals surface area contributed by atoms with Gasteiger partial charge in [-0.15, -0.1) is 0 Å². The molecular formula is C30H32N2O9. The number of para-hydroxylation sites is 2. The zero-order valence-electron chi connectivity index (χ0n) is 23.7. The molecule has 1 N–H and O–H groups in total. The molecule has 0 saturated heterocycles. The van der Waals surface area contributed by atoms with Crippen molar-refractivity contribution in [3.8, 4) is 62.8 Å². The zero-order chi connectivity index (χ0) is 29.5. The third-order valence-corrected chi connectivity index (χ3v) is 6.37. The average Bonchev–Trinajstić information content (AvgIpc) is 3.41. The van der Waals surface area contributed by atoms with Crippen LogP contribution in [0.2, 0.25) is 0 Å². The van der Waals surface area contributed by atoms with Gasteiger partial charge in [0.15, 0.2) is 29.6 Å². The highest BCUT2D eigenvalue weighted by Crippen LogP contribution is 2.51. The molecule has 0 radical (unpaired) electrons. The largest absolute Gasteiger partial charge is 0.496 e. The lowest BCUT2D eigenvalue weighted by atomic mass is 10.0. The summed E-state index contributed by atoms with van der Waals surface area (Å²) < 4.78 is 41.2. The lowest BCUT2D eigenvalue weighted by Gasteiger charge is -2.18. The smallest absolute Gasteiger partial charge is 0.341 e. The molecule has 0 aliphatic rings. The van der Waals surface area contributed by atoms with Crippen molar-refractivity contribution < 1.29 is 43.1 Å². The van der Waals surface area contributed by atoms with Gasteiger partial charge in [0, 0.05) is 17.2 Å². The van der Waals surface area contributed by atoms with Crippen LogP contribution in [-0.2, 0) is 11.3 Å². The average molecular weight is 565 g/mol. The van der Waals surface area contributed by atoms with Crippen LogP contribution in [0.5, 0.6) is 40.2 Å². The predicted molar refractivity (Wildman–Crippen MR) is 151 cm³/mol. The van der Waals surface area contributed by atoms with E-state index in [0.29, 0.717) is 57.8 Å². The molecule has 0 saturated carbocycles. The molecule has 11 heteroatoms. The Morgan fingerprint density at radius 2 is 1.39 bits per heavy atom. The molecule has 1 aromatic heterocycles. The molecule has 4 rings (SSSR count). The van der Waals surface area contributed by atoms with E-state index in [1.54, 1.807) is 38.1 Å². The first-order valence-corrected chi connectivity index (χ1v) is 12.5. The van der Waals surface area contributed by atoms with Gasteiger partial charge in [0.05, 0.1) is 60.5 Å². The topological polar surface area (TPSA) is 120 Å². The Morgan fingerprint density at radius 1 is 0.732 bits per heavy atom. The number of rotatable bonds is 13. The monoisotopic (exact) mass is 564 g/mol. The lowest BCUT2D eigenvalue weighted by molar-refractivity contribution is -0.139. The van der Waals surface area contributed by atoms with Gasteiger partial charge in [-0.3, -0.25) is 4.68 Å². The highest BCUT2D eigenvalue weighted by Gasteiger charge is 2.27. The van der Waals surface area contributed by atoms with E-state index in [2.05, 4.69) is 0 Å². The summed E-state index contributed by atoms with van der Waals surface area (Å²) in [6, 6.07) is 16.6. The van der Waals surface area contributed by atoms with E-state index >= 15 is 0 Å². The maximum atomic E-state index is 11.4. The summed E-state index contributed by atoms with van der Waals surface area (Å²) in [6.07, 6.45) is 0. The van der Waals surface area contributed by atoms with Crippen LogP contribution in [0.3, 0.4) is 0 Å². The minimum absolute atomic E-state index is 0.188. The summed E-state index contributed by atoms with van der Waals surface area (Å²) >= 11 is 0. The van der Waals surface area contributed by atoms with E-state index in [1.807, 2.05) is 42.5 Å². The first-order valence-electron chi connectivity index (χ1n) is 12.5. The van der Waals surface area contributed by atoms with Crippen LogP contribution in [0.1, 0.15) is 5.56 Å². The molecule has 0 unspecified atom stereocenters. The first-order chi connectivity index (χ1) is 19.9. The van der Waals surface area contributed by atoms with E-state index in [-0.39, 0.29) is 11.5 Å². The number of aliphatic carboxylic acids is 1. The van der Waals surface area contributed by atoms with E-state index in [9.17, 15) is 9.90 Å². The van der Waals surface area contributed by atoms with Gasteiger partial charge in [0.25, 0.3) is 0 Å². The molecule has 0 aliphatic carbocycles. The number of carboxylic acids is 1. The van der Waals surface area contributed by atoms with Crippen molar-refractivity contribution in [2.24, 2.45) is 0 Å². The fraction of sp³-hybridized carbons (Fsp3) is 0.267. The third kappa shape index (κ3) is 5.79. The molecular weight excluding hydrogens is 532 g/mol. The standard InChI is InChI=1S/C30H32N2O9/c1-35-22-12-8-7-10-18(22)16-32-21(19-11-9-13-23(36-2)28(19)38-4)14-20(31-32)27-24(41-17-26(33)34)15-25(37-3)29(39-5)30(27)40-6/h7-15H,16-17H2,1-6H3,(H,33,34). The van der Waals surface area contributed by atoms with Gasteiger partial charge in [-0.2, -0.15) is 5.10 Å². The highest BCUT2D eigenvalue weighted by molar-refractivity contribution is 5.84. The number of hydrogen-bond acceptors (Lipinski definition) is 9. The van der Waals surface area contributed by atoms with Crippen molar-refractivity contribution in [2.75, 3.05) is 49.3 Å². The molecule has 0 bridgehead atoms. The molecule has 11 nitrogen and oxygen atoms in total. The molecule has 0 atom stereocenters. The molecule has 0 fully saturated rings. The van der Waals surface area contributed by atoms with Crippen LogP contribution >= 0.6 is 0 Å². The second-order valence-electron chi connectivity index (χ2n) is 8.63. The molecule has 216 valence electrons. The summed E-state index contributed by atoms with van der Waals surface area (Å²) in [6.45, 7) is -0.259. The SMILES string of the molecule is COc1ccccc1Cn1nc(-c2c(OCC(=O)O)cc(OC)c(OC)c2OC)cc1-c1cccc(OC)c1OC. The number of benzene rings is 3. The highest BCUT2D eigenvalue weighted by atomic mass is 16.5. The van der Waals surface area contributed by atoms with Crippen molar-refractivity contribution in [3.05, 3.63) is 60.2 Å². The lowest BCUT2D eigenvalue weighted by Crippen LogP contribution is -2.11. The number of aromatic nitrogens is 2. The predicted octanol–water partition coefficient (Wildman–Crippen LogP) is 4.78. The number of nitrogens with zero attached hydrogens (tertiary/aromatic N) is 2. The summed E-state index contributed by atoms with van der Waals surface area (Å²) in [5.41, 5.74) is 3.09. The minimum Gasteiger partial charge on any atom is -0.496 e. The Kier molecular flexibility index (Phi) is 9.08. The van der Waals surface area contributed by atoms with Crippen molar-refractivity contribution in [3.63, 3.8) is 0 Å². The normalized spacial score (nSPS) is 10.6. The first kappa shape index (κ1) is 28.9. The van der Waals surface area contributed by atoms with Crippen LogP contribution in [0.4, 0.5) is 0 Å². The van der Waals surface area contributed by atoms with Crippen LogP contribution in [0.25, 0.3) is 22.5 Å². The molecule has 4 aromatic rings. The summed E-state index contributed by atoms with van der Waals surface area (Å²) in [7, 11) is 9.17. The Bertz CT molecular complexity index is 1530. The van der Waals surface area contributed by atoms with Crippen LogP contribution in [-0.4, -0.2) is 70.1 Å². The summed E-state index contributed by atoms with van der Waals surface area (Å²) in [5.74, 6) is 1.67.